The minimum Gasteiger partial charge on any atom is -0.481 e. The van der Waals surface area contributed by atoms with Crippen LogP contribution >= 0.6 is 0 Å². The number of alkyl halides is 12. The lowest BCUT2D eigenvalue weighted by Crippen LogP contribution is -2.46. The Hall–Kier alpha value is -6.32. The summed E-state index contributed by atoms with van der Waals surface area (Å²) < 4.78 is 134. The maximum atomic E-state index is 10.6. The lowest BCUT2D eigenvalue weighted by molar-refractivity contribution is -0.193. The van der Waals surface area contributed by atoms with Gasteiger partial charge in [0.1, 0.15) is 5.69 Å². The number of hydrogen-bond donors (Lipinski definition) is 4. The Labute approximate surface area is 321 Å². The van der Waals surface area contributed by atoms with Gasteiger partial charge in [-0.15, -0.1) is 5.10 Å². The van der Waals surface area contributed by atoms with E-state index >= 15 is 0 Å². The van der Waals surface area contributed by atoms with Crippen LogP contribution in [0.2, 0.25) is 0 Å². The highest BCUT2D eigenvalue weighted by atomic mass is 19.4. The summed E-state index contributed by atoms with van der Waals surface area (Å²) in [6.45, 7) is 3.73. The van der Waals surface area contributed by atoms with Crippen molar-refractivity contribution in [2.24, 2.45) is 0 Å². The monoisotopic (exact) mass is 871 g/mol. The minimum atomic E-state index is -5.08. The van der Waals surface area contributed by atoms with E-state index in [1.54, 1.807) is 7.11 Å². The molecule has 28 heteroatoms. The van der Waals surface area contributed by atoms with Gasteiger partial charge in [-0.3, -0.25) is 14.8 Å². The summed E-state index contributed by atoms with van der Waals surface area (Å²) in [5.41, 5.74) is 5.18. The number of piperazine rings is 1. The molecule has 4 aromatic rings. The van der Waals surface area contributed by atoms with E-state index in [2.05, 4.69) is 55.3 Å². The van der Waals surface area contributed by atoms with Crippen LogP contribution in [0, 0.1) is 0 Å². The summed E-state index contributed by atoms with van der Waals surface area (Å²) in [5, 5.41) is 37.5. The van der Waals surface area contributed by atoms with E-state index in [4.69, 9.17) is 44.3 Å². The molecule has 1 aliphatic heterocycles. The molecule has 0 aromatic carbocycles. The molecular weight excluding hydrogens is 842 g/mol. The Balaban J connectivity index is 0.000000505. The second kappa shape index (κ2) is 21.4. The van der Waals surface area contributed by atoms with Gasteiger partial charge in [-0.05, 0) is 31.3 Å². The van der Waals surface area contributed by atoms with Gasteiger partial charge in [-0.25, -0.2) is 28.7 Å². The van der Waals surface area contributed by atoms with Crippen molar-refractivity contribution in [2.75, 3.05) is 33.8 Å². The number of carboxylic acid groups (broad SMARTS) is 4. The van der Waals surface area contributed by atoms with Crippen LogP contribution in [0.4, 0.5) is 52.7 Å². The standard InChI is InChI=1S/C23H25N7O.4C2HF3O2/c1-28-11-12-29(15-19-5-3-4-10-24-19)16-21(28)23-20-8-6-18(14-30(20)27-26-23)17-7-9-22(31-2)25-13-17;4*3-2(4,5)1(6)7/h3-10,13-14,21H,11-12,15-16H2,1-2H3;4*(H,6,7). The van der Waals surface area contributed by atoms with Crippen LogP contribution in [0.5, 0.6) is 5.88 Å². The molecule has 1 aliphatic rings. The third-order valence-corrected chi connectivity index (χ3v) is 6.85. The molecule has 1 unspecified atom stereocenters. The SMILES string of the molecule is COc1ccc(-c2ccc3c(C4CN(Cc5ccccn5)CCN4C)nnn3c2)cn1.O=C(O)C(F)(F)F.O=C(O)C(F)(F)F.O=C(O)C(F)(F)F.O=C(O)C(F)(F)F. The number of hydrogen-bond acceptors (Lipinski definition) is 11. The van der Waals surface area contributed by atoms with Crippen LogP contribution in [0.25, 0.3) is 16.6 Å². The zero-order valence-electron chi connectivity index (χ0n) is 29.7. The average Bonchev–Trinajstić information content (AvgIpc) is 3.55. The molecule has 1 atom stereocenters. The summed E-state index contributed by atoms with van der Waals surface area (Å²) in [4.78, 5) is 49.2. The van der Waals surface area contributed by atoms with Gasteiger partial charge in [0.05, 0.1) is 24.4 Å². The minimum absolute atomic E-state index is 0.184. The number of fused-ring (bicyclic) bond motifs is 1. The number of methoxy groups -OCH3 is 1. The van der Waals surface area contributed by atoms with Gasteiger partial charge >= 0.3 is 48.6 Å². The van der Waals surface area contributed by atoms with Crippen molar-refractivity contribution in [1.29, 1.82) is 0 Å². The number of carbonyl (C=O) groups is 4. The molecule has 0 bridgehead atoms. The zero-order chi connectivity index (χ0) is 45.5. The van der Waals surface area contributed by atoms with Crippen molar-refractivity contribution < 1.29 is 97.0 Å². The highest BCUT2D eigenvalue weighted by Gasteiger charge is 2.40. The fraction of sp³-hybridized carbons (Fsp3) is 0.355. The number of ether oxygens (including phenoxy) is 1. The third kappa shape index (κ3) is 17.8. The Bertz CT molecular complexity index is 1880. The molecule has 4 aromatic heterocycles. The summed E-state index contributed by atoms with van der Waals surface area (Å²) in [7, 11) is 3.77. The van der Waals surface area contributed by atoms with Crippen LogP contribution in [0.15, 0.2) is 61.1 Å². The van der Waals surface area contributed by atoms with Crippen molar-refractivity contribution in [1.82, 2.24) is 34.6 Å². The zero-order valence-corrected chi connectivity index (χ0v) is 29.7. The largest absolute Gasteiger partial charge is 0.490 e. The summed E-state index contributed by atoms with van der Waals surface area (Å²) >= 11 is 0. The second-order valence-corrected chi connectivity index (χ2v) is 11.1. The number of rotatable bonds is 5. The molecule has 16 nitrogen and oxygen atoms in total. The van der Waals surface area contributed by atoms with Gasteiger partial charge in [0.15, 0.2) is 0 Å². The molecule has 1 fully saturated rings. The predicted molar refractivity (Wildman–Crippen MR) is 172 cm³/mol. The first-order valence-electron chi connectivity index (χ1n) is 15.4. The normalized spacial score (nSPS) is 14.7. The quantitative estimate of drug-likeness (QED) is 0.189. The summed E-state index contributed by atoms with van der Waals surface area (Å²) in [5.74, 6) is -10.4. The predicted octanol–water partition coefficient (Wildman–Crippen LogP) is 5.22. The number of aliphatic carboxylic acids is 4. The van der Waals surface area contributed by atoms with Crippen molar-refractivity contribution >= 4 is 29.4 Å². The van der Waals surface area contributed by atoms with Gasteiger partial charge in [0, 0.05) is 62.0 Å². The summed E-state index contributed by atoms with van der Waals surface area (Å²) in [6, 6.07) is 14.3. The molecule has 0 aliphatic carbocycles. The van der Waals surface area contributed by atoms with E-state index in [9.17, 15) is 52.7 Å². The average molecular weight is 872 g/mol. The maximum absolute atomic E-state index is 10.6. The van der Waals surface area contributed by atoms with Crippen molar-refractivity contribution in [2.45, 2.75) is 37.3 Å². The first kappa shape index (κ1) is 50.7. The Kier molecular flexibility index (Phi) is 18.4. The molecule has 0 amide bonds. The highest BCUT2D eigenvalue weighted by Crippen LogP contribution is 2.28. The van der Waals surface area contributed by atoms with Gasteiger partial charge in [-0.1, -0.05) is 17.3 Å². The van der Waals surface area contributed by atoms with E-state index in [0.29, 0.717) is 5.88 Å². The van der Waals surface area contributed by atoms with E-state index in [1.807, 2.05) is 47.4 Å². The second-order valence-electron chi connectivity index (χ2n) is 11.1. The van der Waals surface area contributed by atoms with Crippen LogP contribution in [-0.4, -0.2) is 137 Å². The molecule has 5 rings (SSSR count). The Morgan fingerprint density at radius 3 is 1.61 bits per heavy atom. The Morgan fingerprint density at radius 1 is 0.712 bits per heavy atom. The fourth-order valence-electron chi connectivity index (χ4n) is 4.08. The third-order valence-electron chi connectivity index (χ3n) is 6.85. The molecule has 0 saturated carbocycles. The number of carboxylic acids is 4. The van der Waals surface area contributed by atoms with Crippen molar-refractivity contribution in [3.05, 3.63) is 72.4 Å². The lowest BCUT2D eigenvalue weighted by atomic mass is 10.1. The smallest absolute Gasteiger partial charge is 0.481 e. The lowest BCUT2D eigenvalue weighted by Gasteiger charge is -2.38. The molecule has 326 valence electrons. The van der Waals surface area contributed by atoms with Gasteiger partial charge in [-0.2, -0.15) is 52.7 Å². The van der Waals surface area contributed by atoms with Gasteiger partial charge in [0.25, 0.3) is 0 Å². The fourth-order valence-corrected chi connectivity index (χ4v) is 4.08. The van der Waals surface area contributed by atoms with Crippen LogP contribution in [0.1, 0.15) is 17.4 Å². The Morgan fingerprint density at radius 2 is 1.20 bits per heavy atom. The molecule has 4 N–H and O–H groups in total. The first-order valence-corrected chi connectivity index (χ1v) is 15.4. The molecule has 5 heterocycles. The van der Waals surface area contributed by atoms with Crippen LogP contribution in [-0.2, 0) is 25.7 Å². The van der Waals surface area contributed by atoms with Gasteiger partial charge < -0.3 is 25.2 Å². The number of likely N-dealkylation sites (N-methyl/N-ethyl adjacent to an activating group) is 1. The van der Waals surface area contributed by atoms with Crippen molar-refractivity contribution in [3.8, 4) is 17.0 Å². The van der Waals surface area contributed by atoms with Crippen LogP contribution in [0.3, 0.4) is 0 Å². The maximum Gasteiger partial charge on any atom is 0.490 e. The molecular formula is C31H29F12N7O9. The van der Waals surface area contributed by atoms with Crippen molar-refractivity contribution in [3.63, 3.8) is 0 Å². The first-order chi connectivity index (χ1) is 27.0. The van der Waals surface area contributed by atoms with Crippen LogP contribution < -0.4 is 4.74 Å². The van der Waals surface area contributed by atoms with E-state index in [-0.39, 0.29) is 6.04 Å². The van der Waals surface area contributed by atoms with E-state index in [1.165, 1.54) is 0 Å². The highest BCUT2D eigenvalue weighted by molar-refractivity contribution is 5.74. The topological polar surface area (TPSA) is 221 Å². The molecule has 1 saturated heterocycles. The molecule has 59 heavy (non-hydrogen) atoms. The van der Waals surface area contributed by atoms with E-state index in [0.717, 1.165) is 54.2 Å². The molecule has 0 radical (unpaired) electrons. The van der Waals surface area contributed by atoms with Gasteiger partial charge in [0.2, 0.25) is 5.88 Å². The number of nitrogens with zero attached hydrogens (tertiary/aromatic N) is 7. The number of pyridine rings is 3. The van der Waals surface area contributed by atoms with E-state index < -0.39 is 48.6 Å². The number of aromatic nitrogens is 5. The number of halogens is 12. The summed E-state index contributed by atoms with van der Waals surface area (Å²) in [6.07, 6.45) is -14.7. The molecule has 0 spiro atoms.